The number of amides is 3. The molecule has 1 aromatic rings. The summed E-state index contributed by atoms with van der Waals surface area (Å²) in [6.45, 7) is 5.32. The molecule has 3 aliphatic rings. The molecule has 0 unspecified atom stereocenters. The average molecular weight is 386 g/mol. The van der Waals surface area contributed by atoms with Crippen molar-refractivity contribution in [3.8, 4) is 0 Å². The Bertz CT molecular complexity index is 708. The van der Waals surface area contributed by atoms with E-state index in [0.29, 0.717) is 32.2 Å². The molecule has 1 saturated carbocycles. The van der Waals surface area contributed by atoms with Crippen LogP contribution in [-0.4, -0.2) is 49.7 Å². The maximum Gasteiger partial charge on any atom is 0.321 e. The minimum atomic E-state index is -0.157. The van der Waals surface area contributed by atoms with Gasteiger partial charge in [-0.15, -0.1) is 0 Å². The minimum Gasteiger partial charge on any atom is -0.381 e. The summed E-state index contributed by atoms with van der Waals surface area (Å²) in [5.74, 6) is 0.612. The molecule has 2 aliphatic heterocycles. The lowest BCUT2D eigenvalue weighted by Gasteiger charge is -2.37. The van der Waals surface area contributed by atoms with E-state index in [1.807, 2.05) is 29.2 Å². The third-order valence-electron chi connectivity index (χ3n) is 6.62. The highest BCUT2D eigenvalue weighted by Gasteiger charge is 2.51. The number of carbonyl (C=O) groups excluding carboxylic acids is 2. The number of rotatable bonds is 5. The van der Waals surface area contributed by atoms with E-state index in [1.54, 1.807) is 0 Å². The largest absolute Gasteiger partial charge is 0.381 e. The van der Waals surface area contributed by atoms with Gasteiger partial charge in [-0.3, -0.25) is 4.79 Å². The zero-order chi connectivity index (χ0) is 19.6. The predicted molar refractivity (Wildman–Crippen MR) is 108 cm³/mol. The fourth-order valence-electron chi connectivity index (χ4n) is 4.49. The molecule has 3 amide bonds. The van der Waals surface area contributed by atoms with Crippen LogP contribution in [0.3, 0.4) is 0 Å². The van der Waals surface area contributed by atoms with Crippen molar-refractivity contribution in [2.24, 2.45) is 17.3 Å². The minimum absolute atomic E-state index is 0.108. The fraction of sp³-hybridized carbons (Fsp3) is 0.636. The second kappa shape index (κ2) is 8.11. The van der Waals surface area contributed by atoms with Crippen LogP contribution in [0, 0.1) is 17.3 Å². The van der Waals surface area contributed by atoms with Crippen molar-refractivity contribution in [3.63, 3.8) is 0 Å². The Morgan fingerprint density at radius 3 is 2.54 bits per heavy atom. The number of aryl methyl sites for hydroxylation is 1. The predicted octanol–water partition coefficient (Wildman–Crippen LogP) is 3.04. The Balaban J connectivity index is 1.43. The van der Waals surface area contributed by atoms with Crippen molar-refractivity contribution < 1.29 is 14.3 Å². The van der Waals surface area contributed by atoms with Crippen molar-refractivity contribution in [2.45, 2.75) is 39.0 Å². The summed E-state index contributed by atoms with van der Waals surface area (Å²) in [5, 5.41) is 6.14. The van der Waals surface area contributed by atoms with Crippen LogP contribution in [0.4, 0.5) is 10.5 Å². The van der Waals surface area contributed by atoms with Gasteiger partial charge >= 0.3 is 6.03 Å². The molecule has 152 valence electrons. The first-order chi connectivity index (χ1) is 13.6. The second-order valence-electron chi connectivity index (χ2n) is 8.58. The topological polar surface area (TPSA) is 70.7 Å². The Kier molecular flexibility index (Phi) is 5.58. The number of hydrogen-bond donors (Lipinski definition) is 2. The van der Waals surface area contributed by atoms with Crippen LogP contribution in [0.1, 0.15) is 38.2 Å². The number of benzene rings is 1. The first kappa shape index (κ1) is 19.2. The summed E-state index contributed by atoms with van der Waals surface area (Å²) in [6.07, 6.45) is 5.08. The maximum atomic E-state index is 12.9. The number of nitrogens with zero attached hydrogens (tertiary/aromatic N) is 1. The zero-order valence-electron chi connectivity index (χ0n) is 16.7. The highest BCUT2D eigenvalue weighted by Crippen LogP contribution is 2.44. The average Bonchev–Trinajstić information content (AvgIpc) is 3.48. The van der Waals surface area contributed by atoms with Crippen molar-refractivity contribution in [1.29, 1.82) is 0 Å². The summed E-state index contributed by atoms with van der Waals surface area (Å²) < 4.78 is 5.55. The van der Waals surface area contributed by atoms with E-state index in [0.717, 1.165) is 31.5 Å². The van der Waals surface area contributed by atoms with Gasteiger partial charge in [0.25, 0.3) is 0 Å². The Morgan fingerprint density at radius 2 is 1.89 bits per heavy atom. The van der Waals surface area contributed by atoms with Crippen molar-refractivity contribution in [3.05, 3.63) is 29.8 Å². The SMILES string of the molecule is CCc1ccc(NC(=O)N2C[C@H](C(=O)NCC3CC3)C3(CCOCC3)C2)cc1. The molecule has 28 heavy (non-hydrogen) atoms. The first-order valence-corrected chi connectivity index (χ1v) is 10.6. The molecule has 3 fully saturated rings. The molecule has 1 aromatic carbocycles. The third kappa shape index (κ3) is 4.17. The normalized spacial score (nSPS) is 23.6. The third-order valence-corrected chi connectivity index (χ3v) is 6.62. The molecule has 6 heteroatoms. The van der Waals surface area contributed by atoms with E-state index >= 15 is 0 Å². The molecular weight excluding hydrogens is 354 g/mol. The molecule has 2 saturated heterocycles. The summed E-state index contributed by atoms with van der Waals surface area (Å²) in [6, 6.07) is 7.84. The van der Waals surface area contributed by atoms with Crippen LogP contribution >= 0.6 is 0 Å². The van der Waals surface area contributed by atoms with Gasteiger partial charge in [-0.25, -0.2) is 4.79 Å². The molecule has 0 bridgehead atoms. The van der Waals surface area contributed by atoms with Crippen LogP contribution in [-0.2, 0) is 16.0 Å². The molecule has 2 N–H and O–H groups in total. The molecular formula is C22H31N3O3. The van der Waals surface area contributed by atoms with Crippen molar-refractivity contribution in [2.75, 3.05) is 38.2 Å². The van der Waals surface area contributed by atoms with Gasteiger partial charge < -0.3 is 20.3 Å². The molecule has 2 heterocycles. The van der Waals surface area contributed by atoms with Gasteiger partial charge in [0.05, 0.1) is 5.92 Å². The lowest BCUT2D eigenvalue weighted by molar-refractivity contribution is -0.129. The van der Waals surface area contributed by atoms with E-state index < -0.39 is 0 Å². The van der Waals surface area contributed by atoms with E-state index in [1.165, 1.54) is 18.4 Å². The summed E-state index contributed by atoms with van der Waals surface area (Å²) >= 11 is 0. The first-order valence-electron chi connectivity index (χ1n) is 10.6. The molecule has 0 radical (unpaired) electrons. The van der Waals surface area contributed by atoms with Gasteiger partial charge in [-0.05, 0) is 55.7 Å². The van der Waals surface area contributed by atoms with E-state index in [4.69, 9.17) is 4.74 Å². The molecule has 1 aliphatic carbocycles. The van der Waals surface area contributed by atoms with Gasteiger partial charge in [-0.2, -0.15) is 0 Å². The number of ether oxygens (including phenoxy) is 1. The standard InChI is InChI=1S/C22H31N3O3/c1-2-16-5-7-18(8-6-16)24-21(27)25-14-19(20(26)23-13-17-3-4-17)22(15-25)9-11-28-12-10-22/h5-8,17,19H,2-4,9-15H2,1H3,(H,23,26)(H,24,27)/t19-/m1/s1. The fourth-order valence-corrected chi connectivity index (χ4v) is 4.49. The van der Waals surface area contributed by atoms with Crippen LogP contribution < -0.4 is 10.6 Å². The van der Waals surface area contributed by atoms with Crippen molar-refractivity contribution in [1.82, 2.24) is 10.2 Å². The Labute approximate surface area is 167 Å². The second-order valence-corrected chi connectivity index (χ2v) is 8.58. The highest BCUT2D eigenvalue weighted by atomic mass is 16.5. The Hall–Kier alpha value is -2.08. The summed E-state index contributed by atoms with van der Waals surface area (Å²) in [7, 11) is 0. The molecule has 1 spiro atoms. The quantitative estimate of drug-likeness (QED) is 0.818. The van der Waals surface area contributed by atoms with Gasteiger partial charge in [0, 0.05) is 44.0 Å². The van der Waals surface area contributed by atoms with Crippen LogP contribution in [0.25, 0.3) is 0 Å². The van der Waals surface area contributed by atoms with Gasteiger partial charge in [-0.1, -0.05) is 19.1 Å². The lowest BCUT2D eigenvalue weighted by Crippen LogP contribution is -2.44. The van der Waals surface area contributed by atoms with Crippen LogP contribution in [0.15, 0.2) is 24.3 Å². The lowest BCUT2D eigenvalue weighted by atomic mass is 9.72. The smallest absolute Gasteiger partial charge is 0.321 e. The van der Waals surface area contributed by atoms with Crippen molar-refractivity contribution >= 4 is 17.6 Å². The maximum absolute atomic E-state index is 12.9. The van der Waals surface area contributed by atoms with Gasteiger partial charge in [0.1, 0.15) is 0 Å². The summed E-state index contributed by atoms with van der Waals surface area (Å²) in [4.78, 5) is 27.6. The molecule has 6 nitrogen and oxygen atoms in total. The van der Waals surface area contributed by atoms with E-state index in [2.05, 4.69) is 17.6 Å². The molecule has 4 rings (SSSR count). The number of urea groups is 1. The van der Waals surface area contributed by atoms with E-state index in [9.17, 15) is 9.59 Å². The van der Waals surface area contributed by atoms with Crippen LogP contribution in [0.2, 0.25) is 0 Å². The van der Waals surface area contributed by atoms with Crippen LogP contribution in [0.5, 0.6) is 0 Å². The number of hydrogen-bond acceptors (Lipinski definition) is 3. The highest BCUT2D eigenvalue weighted by molar-refractivity contribution is 5.90. The Morgan fingerprint density at radius 1 is 1.18 bits per heavy atom. The number of carbonyl (C=O) groups is 2. The monoisotopic (exact) mass is 385 g/mol. The number of anilines is 1. The summed E-state index contributed by atoms with van der Waals surface area (Å²) in [5.41, 5.74) is 1.88. The van der Waals surface area contributed by atoms with Gasteiger partial charge in [0.15, 0.2) is 0 Å². The molecule has 0 aromatic heterocycles. The van der Waals surface area contributed by atoms with Gasteiger partial charge in [0.2, 0.25) is 5.91 Å². The van der Waals surface area contributed by atoms with E-state index in [-0.39, 0.29) is 23.3 Å². The molecule has 1 atom stereocenters. The zero-order valence-corrected chi connectivity index (χ0v) is 16.7. The number of nitrogens with one attached hydrogen (secondary N) is 2. The number of likely N-dealkylation sites (tertiary alicyclic amines) is 1.